The molecule has 0 amide bonds. The third kappa shape index (κ3) is 4.31. The van der Waals surface area contributed by atoms with Crippen LogP contribution in [0.3, 0.4) is 0 Å². The maximum atomic E-state index is 5.38. The number of nitrogens with two attached hydrogens (primary N) is 4. The van der Waals surface area contributed by atoms with E-state index in [9.17, 15) is 0 Å². The van der Waals surface area contributed by atoms with E-state index < -0.39 is 0 Å². The molecule has 0 heterocycles. The predicted molar refractivity (Wildman–Crippen MR) is 37.2 cm³/mol. The van der Waals surface area contributed by atoms with Crippen molar-refractivity contribution in [3.8, 4) is 0 Å². The average Bonchev–Trinajstić information content (AvgIpc) is 1.87. The molecule has 0 rings (SSSR count). The summed E-state index contributed by atoms with van der Waals surface area (Å²) in [7, 11) is 0. The number of nitrogens with one attached hydrogen (secondary N) is 1. The lowest BCUT2D eigenvalue weighted by Gasteiger charge is -2.16. The first-order valence-electron chi connectivity index (χ1n) is 2.88. The van der Waals surface area contributed by atoms with Gasteiger partial charge >= 0.3 is 0 Å². The van der Waals surface area contributed by atoms with Crippen molar-refractivity contribution in [2.45, 2.75) is 12.3 Å². The Hall–Kier alpha value is -0.200. The first-order valence-corrected chi connectivity index (χ1v) is 2.88. The van der Waals surface area contributed by atoms with Crippen molar-refractivity contribution < 1.29 is 0 Å². The molecular formula is C4H15N5. The second-order valence-electron chi connectivity index (χ2n) is 1.85. The van der Waals surface area contributed by atoms with E-state index in [0.29, 0.717) is 13.1 Å². The molecule has 0 aromatic rings. The van der Waals surface area contributed by atoms with E-state index >= 15 is 0 Å². The Kier molecular flexibility index (Phi) is 4.55. The first kappa shape index (κ1) is 8.80. The fourth-order valence-electron chi connectivity index (χ4n) is 0.411. The fraction of sp³-hybridized carbons (Fsp3) is 1.00. The second kappa shape index (κ2) is 4.66. The highest BCUT2D eigenvalue weighted by molar-refractivity contribution is 4.65. The van der Waals surface area contributed by atoms with Gasteiger partial charge in [-0.2, -0.15) is 0 Å². The van der Waals surface area contributed by atoms with Crippen molar-refractivity contribution in [2.24, 2.45) is 22.9 Å². The Labute approximate surface area is 54.7 Å². The van der Waals surface area contributed by atoms with Crippen molar-refractivity contribution in [2.75, 3.05) is 13.1 Å². The lowest BCUT2D eigenvalue weighted by molar-refractivity contribution is 0.450. The van der Waals surface area contributed by atoms with Gasteiger partial charge in [-0.05, 0) is 0 Å². The molecule has 56 valence electrons. The number of rotatable bonds is 4. The summed E-state index contributed by atoms with van der Waals surface area (Å²) in [5.41, 5.74) is 21.1. The normalized spacial score (nSPS) is 17.3. The number of hydrogen-bond donors (Lipinski definition) is 5. The van der Waals surface area contributed by atoms with E-state index in [1.165, 1.54) is 0 Å². The van der Waals surface area contributed by atoms with E-state index in [2.05, 4.69) is 5.32 Å². The third-order valence-electron chi connectivity index (χ3n) is 0.936. The molecule has 0 fully saturated rings. The van der Waals surface area contributed by atoms with Crippen LogP contribution < -0.4 is 28.3 Å². The zero-order chi connectivity index (χ0) is 7.28. The topological polar surface area (TPSA) is 116 Å². The Morgan fingerprint density at radius 1 is 1.00 bits per heavy atom. The van der Waals surface area contributed by atoms with Crippen molar-refractivity contribution in [3.05, 3.63) is 0 Å². The maximum absolute atomic E-state index is 5.38. The van der Waals surface area contributed by atoms with E-state index in [1.54, 1.807) is 0 Å². The van der Waals surface area contributed by atoms with E-state index in [4.69, 9.17) is 22.9 Å². The van der Waals surface area contributed by atoms with Gasteiger partial charge in [0.1, 0.15) is 0 Å². The van der Waals surface area contributed by atoms with Gasteiger partial charge in [0.25, 0.3) is 0 Å². The highest BCUT2D eigenvalue weighted by Crippen LogP contribution is 1.68. The smallest absolute Gasteiger partial charge is 0.0685 e. The standard InChI is InChI=1S/C4H15N5/c5-1-3(7)9-4(8)2-6/h3-4,9H,1-2,5-8H2. The molecule has 2 unspecified atom stereocenters. The Bertz CT molecular complexity index is 58.0. The molecule has 0 saturated heterocycles. The first-order chi connectivity index (χ1) is 4.20. The van der Waals surface area contributed by atoms with Crippen LogP contribution in [-0.4, -0.2) is 25.4 Å². The fourth-order valence-corrected chi connectivity index (χ4v) is 0.411. The predicted octanol–water partition coefficient (Wildman–Crippen LogP) is -2.94. The van der Waals surface area contributed by atoms with Crippen LogP contribution in [0.2, 0.25) is 0 Å². The molecular weight excluding hydrogens is 118 g/mol. The molecule has 5 nitrogen and oxygen atoms in total. The molecule has 0 aliphatic rings. The monoisotopic (exact) mass is 133 g/mol. The van der Waals surface area contributed by atoms with Gasteiger partial charge in [-0.15, -0.1) is 0 Å². The summed E-state index contributed by atoms with van der Waals surface area (Å²) in [5, 5.41) is 2.78. The second-order valence-corrected chi connectivity index (χ2v) is 1.85. The highest BCUT2D eigenvalue weighted by atomic mass is 15.1. The molecule has 0 spiro atoms. The van der Waals surface area contributed by atoms with Gasteiger partial charge < -0.3 is 22.9 Å². The SMILES string of the molecule is NCC(N)NC(N)CN. The molecule has 2 atom stereocenters. The van der Waals surface area contributed by atoms with Gasteiger partial charge in [0.05, 0.1) is 12.3 Å². The molecule has 0 bridgehead atoms. The summed E-state index contributed by atoms with van der Waals surface area (Å²) in [6.07, 6.45) is -0.493. The Morgan fingerprint density at radius 2 is 1.33 bits per heavy atom. The van der Waals surface area contributed by atoms with Gasteiger partial charge in [0, 0.05) is 13.1 Å². The van der Waals surface area contributed by atoms with Crippen LogP contribution in [0.5, 0.6) is 0 Å². The van der Waals surface area contributed by atoms with Crippen molar-refractivity contribution in [1.82, 2.24) is 5.32 Å². The summed E-state index contributed by atoms with van der Waals surface area (Å²) in [6, 6.07) is 0. The zero-order valence-electron chi connectivity index (χ0n) is 5.38. The lowest BCUT2D eigenvalue weighted by Crippen LogP contribution is -2.54. The van der Waals surface area contributed by atoms with Crippen LogP contribution in [0.4, 0.5) is 0 Å². The molecule has 9 N–H and O–H groups in total. The van der Waals surface area contributed by atoms with Gasteiger partial charge in [0.15, 0.2) is 0 Å². The van der Waals surface area contributed by atoms with Gasteiger partial charge in [-0.1, -0.05) is 0 Å². The summed E-state index contributed by atoms with van der Waals surface area (Å²) in [4.78, 5) is 0. The lowest BCUT2D eigenvalue weighted by atomic mass is 10.4. The highest BCUT2D eigenvalue weighted by Gasteiger charge is 2.01. The minimum atomic E-state index is -0.247. The molecule has 0 aromatic carbocycles. The minimum absolute atomic E-state index is 0.247. The van der Waals surface area contributed by atoms with Crippen LogP contribution in [0.1, 0.15) is 0 Å². The van der Waals surface area contributed by atoms with E-state index in [-0.39, 0.29) is 12.3 Å². The van der Waals surface area contributed by atoms with Gasteiger partial charge in [-0.25, -0.2) is 0 Å². The van der Waals surface area contributed by atoms with Crippen molar-refractivity contribution >= 4 is 0 Å². The zero-order valence-corrected chi connectivity index (χ0v) is 5.38. The minimum Gasteiger partial charge on any atom is -0.328 e. The summed E-state index contributed by atoms with van der Waals surface area (Å²) in [6.45, 7) is 0.738. The quantitative estimate of drug-likeness (QED) is 0.263. The van der Waals surface area contributed by atoms with Crippen molar-refractivity contribution in [3.63, 3.8) is 0 Å². The summed E-state index contributed by atoms with van der Waals surface area (Å²) >= 11 is 0. The van der Waals surface area contributed by atoms with Crippen LogP contribution in [-0.2, 0) is 0 Å². The molecule has 9 heavy (non-hydrogen) atoms. The number of hydrogen-bond acceptors (Lipinski definition) is 5. The van der Waals surface area contributed by atoms with Crippen LogP contribution in [0.25, 0.3) is 0 Å². The van der Waals surface area contributed by atoms with Crippen molar-refractivity contribution in [1.29, 1.82) is 0 Å². The average molecular weight is 133 g/mol. The van der Waals surface area contributed by atoms with Crippen LogP contribution in [0.15, 0.2) is 0 Å². The third-order valence-corrected chi connectivity index (χ3v) is 0.936. The molecule has 0 aliphatic heterocycles. The molecule has 0 saturated carbocycles. The molecule has 0 aliphatic carbocycles. The van der Waals surface area contributed by atoms with E-state index in [1.807, 2.05) is 0 Å². The largest absolute Gasteiger partial charge is 0.328 e. The Balaban J connectivity index is 3.22. The van der Waals surface area contributed by atoms with Gasteiger partial charge in [-0.3, -0.25) is 5.32 Å². The van der Waals surface area contributed by atoms with Crippen LogP contribution >= 0.6 is 0 Å². The van der Waals surface area contributed by atoms with Crippen LogP contribution in [0, 0.1) is 0 Å². The Morgan fingerprint density at radius 3 is 1.56 bits per heavy atom. The van der Waals surface area contributed by atoms with Gasteiger partial charge in [0.2, 0.25) is 0 Å². The molecule has 0 radical (unpaired) electrons. The van der Waals surface area contributed by atoms with E-state index in [0.717, 1.165) is 0 Å². The summed E-state index contributed by atoms with van der Waals surface area (Å²) < 4.78 is 0. The molecule has 5 heteroatoms. The maximum Gasteiger partial charge on any atom is 0.0685 e. The molecule has 0 aromatic heterocycles. The summed E-state index contributed by atoms with van der Waals surface area (Å²) in [5.74, 6) is 0.